The summed E-state index contributed by atoms with van der Waals surface area (Å²) in [6.07, 6.45) is 2.08. The summed E-state index contributed by atoms with van der Waals surface area (Å²) in [6.45, 7) is 0. The Hall–Kier alpha value is -0.330. The maximum Gasteiger partial charge on any atom is 0.0384 e. The van der Waals surface area contributed by atoms with Crippen molar-refractivity contribution in [2.24, 2.45) is 5.84 Å². The quantitative estimate of drug-likeness (QED) is 0.650. The molecule has 1 aliphatic rings. The van der Waals surface area contributed by atoms with Crippen molar-refractivity contribution >= 4 is 39.0 Å². The Kier molecular flexibility index (Phi) is 4.29. The minimum atomic E-state index is 0.308. The molecule has 0 aliphatic carbocycles. The van der Waals surface area contributed by atoms with Gasteiger partial charge in [-0.1, -0.05) is 18.2 Å². The van der Waals surface area contributed by atoms with Crippen LogP contribution in [0.25, 0.3) is 0 Å². The summed E-state index contributed by atoms with van der Waals surface area (Å²) in [4.78, 5) is 2.77. The summed E-state index contributed by atoms with van der Waals surface area (Å²) in [5, 5.41) is 2.64. The second kappa shape index (κ2) is 5.97. The zero-order valence-corrected chi connectivity index (χ0v) is 13.5. The van der Waals surface area contributed by atoms with Crippen LogP contribution in [-0.4, -0.2) is 11.3 Å². The van der Waals surface area contributed by atoms with Crippen LogP contribution >= 0.6 is 39.0 Å². The van der Waals surface area contributed by atoms with Gasteiger partial charge in [0, 0.05) is 30.9 Å². The molecule has 2 atom stereocenters. The first-order valence-corrected chi connectivity index (χ1v) is 8.75. The first-order valence-electron chi connectivity index (χ1n) is 6.20. The van der Waals surface area contributed by atoms with E-state index in [4.69, 9.17) is 5.84 Å². The highest BCUT2D eigenvalue weighted by Crippen LogP contribution is 2.39. The molecular weight excluding hydrogens is 340 g/mol. The van der Waals surface area contributed by atoms with E-state index in [1.54, 1.807) is 11.3 Å². The van der Waals surface area contributed by atoms with Crippen molar-refractivity contribution in [1.82, 2.24) is 5.43 Å². The molecule has 19 heavy (non-hydrogen) atoms. The van der Waals surface area contributed by atoms with E-state index in [1.807, 2.05) is 11.8 Å². The zero-order valence-electron chi connectivity index (χ0n) is 10.3. The third-order valence-electron chi connectivity index (χ3n) is 3.38. The Morgan fingerprint density at radius 3 is 2.95 bits per heavy atom. The van der Waals surface area contributed by atoms with Crippen LogP contribution in [0, 0.1) is 0 Å². The van der Waals surface area contributed by atoms with Gasteiger partial charge in [0.2, 0.25) is 0 Å². The predicted octanol–water partition coefficient (Wildman–Crippen LogP) is 3.60. The van der Waals surface area contributed by atoms with E-state index < -0.39 is 0 Å². The van der Waals surface area contributed by atoms with Crippen LogP contribution in [0.3, 0.4) is 0 Å². The Balaban J connectivity index is 1.71. The van der Waals surface area contributed by atoms with Gasteiger partial charge in [-0.3, -0.25) is 11.3 Å². The monoisotopic (exact) mass is 354 g/mol. The topological polar surface area (TPSA) is 38.0 Å². The normalized spacial score (nSPS) is 19.4. The number of thioether (sulfide) groups is 1. The molecule has 2 heterocycles. The van der Waals surface area contributed by atoms with E-state index in [9.17, 15) is 0 Å². The standard InChI is InChI=1S/C14H15BrN2S2/c15-10-6-11(18-8-10)7-12(17-16)14-5-9-3-1-2-4-13(9)19-14/h1-4,6,8,12,14,17H,5,7,16H2. The van der Waals surface area contributed by atoms with Crippen LogP contribution in [-0.2, 0) is 12.8 Å². The number of hydrazine groups is 1. The Morgan fingerprint density at radius 1 is 1.42 bits per heavy atom. The minimum absolute atomic E-state index is 0.308. The van der Waals surface area contributed by atoms with Crippen molar-refractivity contribution in [3.05, 3.63) is 50.6 Å². The first kappa shape index (κ1) is 13.6. The third-order valence-corrected chi connectivity index (χ3v) is 6.55. The van der Waals surface area contributed by atoms with Gasteiger partial charge < -0.3 is 0 Å². The molecular formula is C14H15BrN2S2. The molecule has 0 spiro atoms. The van der Waals surface area contributed by atoms with E-state index in [2.05, 4.69) is 57.1 Å². The first-order chi connectivity index (χ1) is 9.26. The molecule has 5 heteroatoms. The molecule has 0 radical (unpaired) electrons. The van der Waals surface area contributed by atoms with Gasteiger partial charge in [0.15, 0.2) is 0 Å². The van der Waals surface area contributed by atoms with Crippen LogP contribution in [0.4, 0.5) is 0 Å². The fraction of sp³-hybridized carbons (Fsp3) is 0.286. The summed E-state index contributed by atoms with van der Waals surface area (Å²) in [5.74, 6) is 5.77. The molecule has 1 aromatic carbocycles. The van der Waals surface area contributed by atoms with Crippen molar-refractivity contribution in [3.8, 4) is 0 Å². The lowest BCUT2D eigenvalue weighted by atomic mass is 10.0. The number of nitrogens with one attached hydrogen (secondary N) is 1. The third kappa shape index (κ3) is 3.06. The Labute approximate surface area is 129 Å². The number of nitrogens with two attached hydrogens (primary N) is 1. The zero-order chi connectivity index (χ0) is 13.2. The van der Waals surface area contributed by atoms with Gasteiger partial charge in [0.25, 0.3) is 0 Å². The maximum atomic E-state index is 5.77. The van der Waals surface area contributed by atoms with Gasteiger partial charge >= 0.3 is 0 Å². The van der Waals surface area contributed by atoms with Crippen molar-refractivity contribution in [3.63, 3.8) is 0 Å². The number of hydrogen-bond donors (Lipinski definition) is 2. The average Bonchev–Trinajstić information content (AvgIpc) is 3.01. The lowest BCUT2D eigenvalue weighted by Gasteiger charge is -2.21. The van der Waals surface area contributed by atoms with Gasteiger partial charge in [-0.15, -0.1) is 23.1 Å². The molecule has 1 aliphatic heterocycles. The number of halogens is 1. The number of benzene rings is 1. The van der Waals surface area contributed by atoms with Crippen LogP contribution in [0.2, 0.25) is 0 Å². The Morgan fingerprint density at radius 2 is 2.26 bits per heavy atom. The molecule has 0 bridgehead atoms. The average molecular weight is 355 g/mol. The second-order valence-corrected chi connectivity index (χ2v) is 7.87. The van der Waals surface area contributed by atoms with Crippen molar-refractivity contribution in [2.45, 2.75) is 29.0 Å². The lowest BCUT2D eigenvalue weighted by Crippen LogP contribution is -2.43. The van der Waals surface area contributed by atoms with Gasteiger partial charge in [0.05, 0.1) is 0 Å². The number of fused-ring (bicyclic) bond motifs is 1. The van der Waals surface area contributed by atoms with Crippen molar-refractivity contribution in [1.29, 1.82) is 0 Å². The largest absolute Gasteiger partial charge is 0.271 e. The molecule has 0 saturated heterocycles. The molecule has 2 unspecified atom stereocenters. The van der Waals surface area contributed by atoms with E-state index in [-0.39, 0.29) is 0 Å². The minimum Gasteiger partial charge on any atom is -0.271 e. The molecule has 1 aromatic heterocycles. The smallest absolute Gasteiger partial charge is 0.0384 e. The Bertz CT molecular complexity index is 545. The van der Waals surface area contributed by atoms with Crippen molar-refractivity contribution in [2.75, 3.05) is 0 Å². The number of thiophene rings is 1. The van der Waals surface area contributed by atoms with Crippen molar-refractivity contribution < 1.29 is 0 Å². The predicted molar refractivity (Wildman–Crippen MR) is 86.6 cm³/mol. The summed E-state index contributed by atoms with van der Waals surface area (Å²) in [5.41, 5.74) is 4.46. The summed E-state index contributed by atoms with van der Waals surface area (Å²) in [7, 11) is 0. The fourth-order valence-electron chi connectivity index (χ4n) is 2.41. The molecule has 2 aromatic rings. The van der Waals surface area contributed by atoms with E-state index in [1.165, 1.54) is 15.3 Å². The van der Waals surface area contributed by atoms with Gasteiger partial charge in [-0.2, -0.15) is 0 Å². The lowest BCUT2D eigenvalue weighted by molar-refractivity contribution is 0.509. The fourth-order valence-corrected chi connectivity index (χ4v) is 5.31. The molecule has 2 nitrogen and oxygen atoms in total. The van der Waals surface area contributed by atoms with Crippen LogP contribution in [0.15, 0.2) is 45.1 Å². The molecule has 100 valence electrons. The molecule has 0 amide bonds. The number of rotatable bonds is 4. The van der Waals surface area contributed by atoms with E-state index in [0.717, 1.165) is 17.3 Å². The highest BCUT2D eigenvalue weighted by atomic mass is 79.9. The summed E-state index contributed by atoms with van der Waals surface area (Å²) < 4.78 is 1.16. The highest BCUT2D eigenvalue weighted by molar-refractivity contribution is 9.10. The SMILES string of the molecule is NNC(Cc1cc(Br)cs1)C1Cc2ccccc2S1. The highest BCUT2D eigenvalue weighted by Gasteiger charge is 2.29. The van der Waals surface area contributed by atoms with Crippen LogP contribution in [0.1, 0.15) is 10.4 Å². The van der Waals surface area contributed by atoms with E-state index in [0.29, 0.717) is 11.3 Å². The molecule has 0 fully saturated rings. The van der Waals surface area contributed by atoms with E-state index >= 15 is 0 Å². The van der Waals surface area contributed by atoms with Crippen LogP contribution in [0.5, 0.6) is 0 Å². The molecule has 0 saturated carbocycles. The van der Waals surface area contributed by atoms with Gasteiger partial charge in [0.1, 0.15) is 0 Å². The van der Waals surface area contributed by atoms with Gasteiger partial charge in [-0.05, 0) is 46.5 Å². The summed E-state index contributed by atoms with van der Waals surface area (Å²) >= 11 is 7.23. The van der Waals surface area contributed by atoms with Crippen LogP contribution < -0.4 is 11.3 Å². The second-order valence-electron chi connectivity index (χ2n) is 4.68. The number of hydrogen-bond acceptors (Lipinski definition) is 4. The maximum absolute atomic E-state index is 5.77. The molecule has 3 rings (SSSR count). The summed E-state index contributed by atoms with van der Waals surface area (Å²) in [6, 6.07) is 11.1. The molecule has 3 N–H and O–H groups in total. The van der Waals surface area contributed by atoms with Gasteiger partial charge in [-0.25, -0.2) is 0 Å².